The van der Waals surface area contributed by atoms with Crippen molar-refractivity contribution in [1.82, 2.24) is 5.32 Å². The fourth-order valence-electron chi connectivity index (χ4n) is 0.552. The quantitative estimate of drug-likeness (QED) is 0.376. The third-order valence-corrected chi connectivity index (χ3v) is 1.31. The van der Waals surface area contributed by atoms with Gasteiger partial charge in [0.2, 0.25) is 5.91 Å². The van der Waals surface area contributed by atoms with E-state index in [0.29, 0.717) is 0 Å². The number of carboxylic acid groups (broad SMARTS) is 1. The average molecular weight is 175 g/mol. The molecule has 0 heterocycles. The van der Waals surface area contributed by atoms with Crippen LogP contribution in [0.25, 0.3) is 0 Å². The molecule has 0 fully saturated rings. The molecular formula is C6H13N3O3. The molecule has 70 valence electrons. The maximum Gasteiger partial charge on any atom is 0.338 e. The van der Waals surface area contributed by atoms with Crippen molar-refractivity contribution in [3.05, 3.63) is 0 Å². The van der Waals surface area contributed by atoms with E-state index in [1.807, 2.05) is 0 Å². The van der Waals surface area contributed by atoms with Gasteiger partial charge in [-0.3, -0.25) is 4.79 Å². The predicted molar refractivity (Wildman–Crippen MR) is 42.0 cm³/mol. The van der Waals surface area contributed by atoms with Crippen molar-refractivity contribution in [3.8, 4) is 0 Å². The Balaban J connectivity index is 3.76. The van der Waals surface area contributed by atoms with Crippen LogP contribution in [-0.4, -0.2) is 29.2 Å². The summed E-state index contributed by atoms with van der Waals surface area (Å²) in [5.41, 5.74) is 8.58. The van der Waals surface area contributed by atoms with E-state index in [2.05, 4.69) is 5.32 Å². The van der Waals surface area contributed by atoms with Gasteiger partial charge in [0.05, 0.1) is 0 Å². The van der Waals surface area contributed by atoms with Crippen LogP contribution >= 0.6 is 0 Å². The highest BCUT2D eigenvalue weighted by molar-refractivity contribution is 5.77. The Morgan fingerprint density at radius 3 is 2.33 bits per heavy atom. The summed E-state index contributed by atoms with van der Waals surface area (Å²) in [5, 5.41) is 10.8. The number of amides is 1. The van der Waals surface area contributed by atoms with Gasteiger partial charge in [0.1, 0.15) is 0 Å². The zero-order valence-corrected chi connectivity index (χ0v) is 6.83. The average Bonchev–Trinajstić information content (AvgIpc) is 1.85. The van der Waals surface area contributed by atoms with Crippen LogP contribution in [0.4, 0.5) is 0 Å². The van der Waals surface area contributed by atoms with Crippen molar-refractivity contribution in [2.45, 2.75) is 19.0 Å². The fraction of sp³-hybridized carbons (Fsp3) is 0.667. The molecule has 0 saturated carbocycles. The molecule has 0 aromatic carbocycles. The summed E-state index contributed by atoms with van der Waals surface area (Å²) in [6, 6.07) is 0. The van der Waals surface area contributed by atoms with Crippen LogP contribution in [0, 0.1) is 0 Å². The van der Waals surface area contributed by atoms with Crippen molar-refractivity contribution in [1.29, 1.82) is 0 Å². The Labute approximate surface area is 69.9 Å². The first-order valence-electron chi connectivity index (χ1n) is 3.42. The van der Waals surface area contributed by atoms with E-state index >= 15 is 0 Å². The molecule has 0 aromatic rings. The van der Waals surface area contributed by atoms with Crippen molar-refractivity contribution >= 4 is 11.9 Å². The molecular weight excluding hydrogens is 162 g/mol. The standard InChI is InChI=1S/C6H13N3O3/c1-4(10)9-3-2-6(7,8)5(11)12/h2-3,7-8H2,1H3,(H,9,10)(H,11,12). The van der Waals surface area contributed by atoms with Crippen molar-refractivity contribution < 1.29 is 14.7 Å². The fourth-order valence-corrected chi connectivity index (χ4v) is 0.552. The van der Waals surface area contributed by atoms with Gasteiger partial charge in [-0.15, -0.1) is 0 Å². The van der Waals surface area contributed by atoms with E-state index in [-0.39, 0.29) is 18.9 Å². The molecule has 0 bridgehead atoms. The van der Waals surface area contributed by atoms with E-state index in [1.165, 1.54) is 6.92 Å². The summed E-state index contributed by atoms with van der Waals surface area (Å²) in [5.74, 6) is -1.52. The first kappa shape index (κ1) is 10.9. The van der Waals surface area contributed by atoms with E-state index in [1.54, 1.807) is 0 Å². The third kappa shape index (κ3) is 3.89. The van der Waals surface area contributed by atoms with Crippen LogP contribution in [0.3, 0.4) is 0 Å². The molecule has 0 aromatic heterocycles. The molecule has 6 nitrogen and oxygen atoms in total. The number of nitrogens with two attached hydrogens (primary N) is 2. The highest BCUT2D eigenvalue weighted by atomic mass is 16.4. The number of aliphatic carboxylic acids is 1. The molecule has 12 heavy (non-hydrogen) atoms. The molecule has 0 unspecified atom stereocenters. The van der Waals surface area contributed by atoms with Crippen LogP contribution in [0.1, 0.15) is 13.3 Å². The number of nitrogens with one attached hydrogen (secondary N) is 1. The van der Waals surface area contributed by atoms with Gasteiger partial charge in [-0.25, -0.2) is 4.79 Å². The van der Waals surface area contributed by atoms with E-state index in [0.717, 1.165) is 0 Å². The zero-order valence-electron chi connectivity index (χ0n) is 6.83. The Bertz CT molecular complexity index is 190. The Hall–Kier alpha value is -1.14. The van der Waals surface area contributed by atoms with Gasteiger partial charge in [-0.05, 0) is 0 Å². The third-order valence-electron chi connectivity index (χ3n) is 1.31. The minimum atomic E-state index is -1.76. The number of carboxylic acids is 1. The number of hydrogen-bond acceptors (Lipinski definition) is 4. The Morgan fingerprint density at radius 2 is 2.00 bits per heavy atom. The lowest BCUT2D eigenvalue weighted by atomic mass is 10.1. The van der Waals surface area contributed by atoms with Crippen LogP contribution in [-0.2, 0) is 9.59 Å². The van der Waals surface area contributed by atoms with Crippen LogP contribution < -0.4 is 16.8 Å². The predicted octanol–water partition coefficient (Wildman–Crippen LogP) is -1.79. The summed E-state index contributed by atoms with van der Waals surface area (Å²) in [7, 11) is 0. The van der Waals surface area contributed by atoms with Gasteiger partial charge in [0.25, 0.3) is 0 Å². The molecule has 0 saturated heterocycles. The van der Waals surface area contributed by atoms with Crippen molar-refractivity contribution in [3.63, 3.8) is 0 Å². The monoisotopic (exact) mass is 175 g/mol. The summed E-state index contributed by atoms with van der Waals surface area (Å²) in [6.07, 6.45) is 0.00190. The van der Waals surface area contributed by atoms with E-state index in [9.17, 15) is 9.59 Å². The van der Waals surface area contributed by atoms with Crippen molar-refractivity contribution in [2.24, 2.45) is 11.5 Å². The Morgan fingerprint density at radius 1 is 1.50 bits per heavy atom. The molecule has 0 spiro atoms. The van der Waals surface area contributed by atoms with Gasteiger partial charge in [-0.1, -0.05) is 0 Å². The number of carbonyl (C=O) groups is 2. The lowest BCUT2D eigenvalue weighted by Gasteiger charge is -2.18. The van der Waals surface area contributed by atoms with E-state index < -0.39 is 11.6 Å². The first-order valence-corrected chi connectivity index (χ1v) is 3.42. The molecule has 1 amide bonds. The van der Waals surface area contributed by atoms with Gasteiger partial charge in [-0.2, -0.15) is 0 Å². The van der Waals surface area contributed by atoms with Crippen molar-refractivity contribution in [2.75, 3.05) is 6.54 Å². The molecule has 0 radical (unpaired) electrons. The first-order chi connectivity index (χ1) is 5.36. The molecule has 0 atom stereocenters. The number of hydrogen-bond donors (Lipinski definition) is 4. The minimum absolute atomic E-state index is 0.00190. The molecule has 0 rings (SSSR count). The summed E-state index contributed by atoms with van der Waals surface area (Å²) < 4.78 is 0. The summed E-state index contributed by atoms with van der Waals surface area (Å²) in [6.45, 7) is 1.49. The largest absolute Gasteiger partial charge is 0.479 e. The topological polar surface area (TPSA) is 118 Å². The summed E-state index contributed by atoms with van der Waals surface area (Å²) in [4.78, 5) is 20.7. The molecule has 6 N–H and O–H groups in total. The highest BCUT2D eigenvalue weighted by Crippen LogP contribution is 1.96. The normalized spacial score (nSPS) is 10.9. The number of carbonyl (C=O) groups excluding carboxylic acids is 1. The lowest BCUT2D eigenvalue weighted by Crippen LogP contribution is -2.57. The van der Waals surface area contributed by atoms with Gasteiger partial charge in [0, 0.05) is 19.9 Å². The minimum Gasteiger partial charge on any atom is -0.479 e. The lowest BCUT2D eigenvalue weighted by molar-refractivity contribution is -0.143. The Kier molecular flexibility index (Phi) is 3.65. The van der Waals surface area contributed by atoms with Crippen LogP contribution in [0.15, 0.2) is 0 Å². The van der Waals surface area contributed by atoms with Crippen LogP contribution in [0.2, 0.25) is 0 Å². The second kappa shape index (κ2) is 4.03. The SMILES string of the molecule is CC(=O)NCCC(N)(N)C(=O)O. The van der Waals surface area contributed by atoms with Gasteiger partial charge < -0.3 is 21.9 Å². The van der Waals surface area contributed by atoms with E-state index in [4.69, 9.17) is 16.6 Å². The maximum absolute atomic E-state index is 10.4. The number of rotatable bonds is 4. The zero-order chi connectivity index (χ0) is 9.78. The molecule has 6 heteroatoms. The molecule has 0 aliphatic heterocycles. The second-order valence-corrected chi connectivity index (χ2v) is 2.58. The molecule has 0 aliphatic carbocycles. The molecule has 0 aliphatic rings. The smallest absolute Gasteiger partial charge is 0.338 e. The van der Waals surface area contributed by atoms with Gasteiger partial charge in [0.15, 0.2) is 5.66 Å². The van der Waals surface area contributed by atoms with Gasteiger partial charge >= 0.3 is 5.97 Å². The highest BCUT2D eigenvalue weighted by Gasteiger charge is 2.27. The maximum atomic E-state index is 10.4. The summed E-state index contributed by atoms with van der Waals surface area (Å²) >= 11 is 0. The second-order valence-electron chi connectivity index (χ2n) is 2.58. The van der Waals surface area contributed by atoms with Crippen LogP contribution in [0.5, 0.6) is 0 Å².